The first kappa shape index (κ1) is 16.5. The van der Waals surface area contributed by atoms with Gasteiger partial charge in [0.05, 0.1) is 12.8 Å². The average Bonchev–Trinajstić information content (AvgIpc) is 2.94. The molecule has 0 saturated heterocycles. The van der Waals surface area contributed by atoms with Crippen LogP contribution in [0.5, 0.6) is 0 Å². The van der Waals surface area contributed by atoms with Crippen molar-refractivity contribution in [3.05, 3.63) is 33.7 Å². The van der Waals surface area contributed by atoms with Gasteiger partial charge in [-0.25, -0.2) is 9.78 Å². The third-order valence-electron chi connectivity index (χ3n) is 2.75. The van der Waals surface area contributed by atoms with Crippen LogP contribution < -0.4 is 10.9 Å². The highest BCUT2D eigenvalue weighted by Gasteiger charge is 2.20. The van der Waals surface area contributed by atoms with Gasteiger partial charge in [-0.15, -0.1) is 11.3 Å². The van der Waals surface area contributed by atoms with Crippen LogP contribution in [-0.2, 0) is 20.1 Å². The number of thiazole rings is 1. The van der Waals surface area contributed by atoms with Gasteiger partial charge in [0.15, 0.2) is 4.96 Å². The molecule has 0 spiro atoms. The number of fused-ring (bicyclic) bond motifs is 1. The molecule has 22 heavy (non-hydrogen) atoms. The molecule has 0 bridgehead atoms. The molecule has 2 heterocycles. The molecular formula is C13H15N3O4S2. The second-order valence-corrected chi connectivity index (χ2v) is 6.34. The van der Waals surface area contributed by atoms with Crippen LogP contribution >= 0.6 is 23.1 Å². The summed E-state index contributed by atoms with van der Waals surface area (Å²) in [5.74, 6) is 0.0193. The van der Waals surface area contributed by atoms with Crippen LogP contribution in [0.15, 0.2) is 22.4 Å². The van der Waals surface area contributed by atoms with Gasteiger partial charge in [0, 0.05) is 36.1 Å². The van der Waals surface area contributed by atoms with Crippen molar-refractivity contribution in [3.8, 4) is 0 Å². The summed E-state index contributed by atoms with van der Waals surface area (Å²) in [5.41, 5.74) is 0.511. The van der Waals surface area contributed by atoms with E-state index >= 15 is 0 Å². The number of rotatable bonds is 6. The molecule has 0 radical (unpaired) electrons. The van der Waals surface area contributed by atoms with E-state index in [0.29, 0.717) is 22.2 Å². The Morgan fingerprint density at radius 2 is 2.32 bits per heavy atom. The molecular weight excluding hydrogens is 326 g/mol. The Labute approximate surface area is 134 Å². The van der Waals surface area contributed by atoms with Gasteiger partial charge < -0.3 is 10.1 Å². The van der Waals surface area contributed by atoms with Crippen molar-refractivity contribution in [1.82, 2.24) is 14.7 Å². The summed E-state index contributed by atoms with van der Waals surface area (Å²) in [7, 11) is 1.27. The van der Waals surface area contributed by atoms with Crippen molar-refractivity contribution in [2.45, 2.75) is 18.7 Å². The largest absolute Gasteiger partial charge is 0.467 e. The first-order valence-electron chi connectivity index (χ1n) is 6.39. The minimum atomic E-state index is -0.709. The SMILES string of the molecule is COC(=O)[C@H](CSCc1cc(=O)n2ccsc2n1)NC(C)=O. The molecule has 0 aliphatic rings. The zero-order valence-electron chi connectivity index (χ0n) is 12.1. The van der Waals surface area contributed by atoms with E-state index in [0.717, 1.165) is 0 Å². The summed E-state index contributed by atoms with van der Waals surface area (Å²) in [6, 6.07) is 0.761. The van der Waals surface area contributed by atoms with E-state index < -0.39 is 12.0 Å². The number of aromatic nitrogens is 2. The molecule has 0 aromatic carbocycles. The summed E-state index contributed by atoms with van der Waals surface area (Å²) >= 11 is 2.78. The van der Waals surface area contributed by atoms with Crippen LogP contribution in [0.4, 0.5) is 0 Å². The molecule has 1 N–H and O–H groups in total. The number of nitrogens with one attached hydrogen (secondary N) is 1. The van der Waals surface area contributed by atoms with Crippen LogP contribution in [0.3, 0.4) is 0 Å². The second-order valence-electron chi connectivity index (χ2n) is 4.43. The number of thioether (sulfide) groups is 1. The predicted octanol–water partition coefficient (Wildman–Crippen LogP) is 0.667. The van der Waals surface area contributed by atoms with Gasteiger partial charge in [0.25, 0.3) is 5.56 Å². The number of hydrogen-bond donors (Lipinski definition) is 1. The van der Waals surface area contributed by atoms with Gasteiger partial charge in [0.2, 0.25) is 5.91 Å². The van der Waals surface area contributed by atoms with Gasteiger partial charge in [-0.2, -0.15) is 11.8 Å². The summed E-state index contributed by atoms with van der Waals surface area (Å²) in [5, 5.41) is 4.33. The first-order valence-corrected chi connectivity index (χ1v) is 8.43. The van der Waals surface area contributed by atoms with Crippen molar-refractivity contribution in [2.75, 3.05) is 12.9 Å². The Morgan fingerprint density at radius 1 is 1.55 bits per heavy atom. The fraction of sp³-hybridized carbons (Fsp3) is 0.385. The van der Waals surface area contributed by atoms with Gasteiger partial charge in [-0.3, -0.25) is 14.0 Å². The van der Waals surface area contributed by atoms with Crippen molar-refractivity contribution in [1.29, 1.82) is 0 Å². The van der Waals surface area contributed by atoms with E-state index in [9.17, 15) is 14.4 Å². The lowest BCUT2D eigenvalue weighted by Crippen LogP contribution is -2.42. The Kier molecular flexibility index (Phi) is 5.56. The Hall–Kier alpha value is -1.87. The van der Waals surface area contributed by atoms with E-state index in [-0.39, 0.29) is 11.5 Å². The maximum absolute atomic E-state index is 11.8. The first-order chi connectivity index (χ1) is 10.5. The maximum Gasteiger partial charge on any atom is 0.329 e. The fourth-order valence-electron chi connectivity index (χ4n) is 1.80. The van der Waals surface area contributed by atoms with Crippen molar-refractivity contribution in [2.24, 2.45) is 0 Å². The van der Waals surface area contributed by atoms with Gasteiger partial charge >= 0.3 is 5.97 Å². The van der Waals surface area contributed by atoms with Crippen LogP contribution in [0.2, 0.25) is 0 Å². The number of hydrogen-bond acceptors (Lipinski definition) is 7. The molecule has 9 heteroatoms. The second kappa shape index (κ2) is 7.41. The molecule has 0 fully saturated rings. The van der Waals surface area contributed by atoms with E-state index in [1.54, 1.807) is 11.6 Å². The molecule has 118 valence electrons. The number of nitrogens with zero attached hydrogens (tertiary/aromatic N) is 2. The van der Waals surface area contributed by atoms with E-state index in [1.165, 1.54) is 47.6 Å². The third kappa shape index (κ3) is 4.08. The summed E-state index contributed by atoms with van der Waals surface area (Å²) in [6.07, 6.45) is 1.68. The minimum absolute atomic E-state index is 0.131. The van der Waals surface area contributed by atoms with Crippen LogP contribution in [-0.4, -0.2) is 40.2 Å². The number of ether oxygens (including phenoxy) is 1. The molecule has 0 saturated carbocycles. The monoisotopic (exact) mass is 341 g/mol. The molecule has 2 rings (SSSR count). The van der Waals surface area contributed by atoms with Crippen molar-refractivity contribution in [3.63, 3.8) is 0 Å². The molecule has 0 aliphatic heterocycles. The van der Waals surface area contributed by atoms with Crippen LogP contribution in [0.1, 0.15) is 12.6 Å². The van der Waals surface area contributed by atoms with Gasteiger partial charge in [0.1, 0.15) is 6.04 Å². The normalized spacial score (nSPS) is 12.1. The molecule has 2 aromatic rings. The quantitative estimate of drug-likeness (QED) is 0.777. The fourth-order valence-corrected chi connectivity index (χ4v) is 3.47. The molecule has 2 aromatic heterocycles. The Bertz CT molecular complexity index is 740. The predicted molar refractivity (Wildman–Crippen MR) is 85.1 cm³/mol. The van der Waals surface area contributed by atoms with E-state index in [2.05, 4.69) is 15.0 Å². The molecule has 0 unspecified atom stereocenters. The summed E-state index contributed by atoms with van der Waals surface area (Å²) in [6.45, 7) is 1.34. The lowest BCUT2D eigenvalue weighted by Gasteiger charge is -2.14. The topological polar surface area (TPSA) is 89.8 Å². The zero-order chi connectivity index (χ0) is 16.1. The molecule has 1 atom stereocenters. The van der Waals surface area contributed by atoms with Gasteiger partial charge in [-0.05, 0) is 0 Å². The maximum atomic E-state index is 11.8. The summed E-state index contributed by atoms with van der Waals surface area (Å²) < 4.78 is 6.13. The summed E-state index contributed by atoms with van der Waals surface area (Å²) in [4.78, 5) is 39.5. The number of esters is 1. The molecule has 0 aliphatic carbocycles. The average molecular weight is 341 g/mol. The van der Waals surface area contributed by atoms with Crippen LogP contribution in [0.25, 0.3) is 4.96 Å². The highest BCUT2D eigenvalue weighted by Crippen LogP contribution is 2.13. The van der Waals surface area contributed by atoms with Gasteiger partial charge in [-0.1, -0.05) is 0 Å². The van der Waals surface area contributed by atoms with Crippen molar-refractivity contribution >= 4 is 39.9 Å². The number of methoxy groups -OCH3 is 1. The number of amides is 1. The standard InChI is InChI=1S/C13H15N3O4S2/c1-8(17)14-10(12(19)20-2)7-21-6-9-5-11(18)16-3-4-22-13(16)15-9/h3-5,10H,6-7H2,1-2H3,(H,14,17)/t10-/m0/s1. The highest BCUT2D eigenvalue weighted by molar-refractivity contribution is 7.98. The van der Waals surface area contributed by atoms with Crippen LogP contribution in [0, 0.1) is 0 Å². The Balaban J connectivity index is 1.99. The third-order valence-corrected chi connectivity index (χ3v) is 4.58. The zero-order valence-corrected chi connectivity index (χ0v) is 13.7. The minimum Gasteiger partial charge on any atom is -0.467 e. The molecule has 7 nitrogen and oxygen atoms in total. The van der Waals surface area contributed by atoms with E-state index in [4.69, 9.17) is 0 Å². The Morgan fingerprint density at radius 3 is 3.00 bits per heavy atom. The number of carbonyl (C=O) groups excluding carboxylic acids is 2. The highest BCUT2D eigenvalue weighted by atomic mass is 32.2. The smallest absolute Gasteiger partial charge is 0.329 e. The number of carbonyl (C=O) groups is 2. The lowest BCUT2D eigenvalue weighted by molar-refractivity contribution is -0.144. The lowest BCUT2D eigenvalue weighted by atomic mass is 10.3. The van der Waals surface area contributed by atoms with E-state index in [1.807, 2.05) is 0 Å². The molecule has 1 amide bonds. The van der Waals surface area contributed by atoms with Crippen molar-refractivity contribution < 1.29 is 14.3 Å².